The van der Waals surface area contributed by atoms with E-state index in [0.717, 1.165) is 35.1 Å². The van der Waals surface area contributed by atoms with E-state index in [0.29, 0.717) is 0 Å². The number of rotatable bonds is 5. The van der Waals surface area contributed by atoms with E-state index in [1.807, 2.05) is 14.0 Å². The third-order valence-corrected chi connectivity index (χ3v) is 3.84. The lowest BCUT2D eigenvalue weighted by Gasteiger charge is -2.13. The molecule has 0 aliphatic carbocycles. The van der Waals surface area contributed by atoms with E-state index in [1.165, 1.54) is 4.90 Å². The van der Waals surface area contributed by atoms with Crippen molar-refractivity contribution < 1.29 is 0 Å². The van der Waals surface area contributed by atoms with Crippen LogP contribution in [-0.4, -0.2) is 23.3 Å². The van der Waals surface area contributed by atoms with E-state index in [4.69, 9.17) is 0 Å². The van der Waals surface area contributed by atoms with Gasteiger partial charge in [0, 0.05) is 29.6 Å². The molecule has 0 amide bonds. The lowest BCUT2D eigenvalue weighted by molar-refractivity contribution is 0.935. The van der Waals surface area contributed by atoms with E-state index >= 15 is 0 Å². The number of thioether (sulfide) groups is 1. The standard InChI is InChI=1S/C15H20N4S/c1-5-13-18-14(16-3)10(2)15(19-13)17-11-6-8-12(20-4)9-7-11/h6-9H,5H2,1-4H3,(H2,16,17,18,19). The van der Waals surface area contributed by atoms with Gasteiger partial charge in [0.2, 0.25) is 0 Å². The predicted molar refractivity (Wildman–Crippen MR) is 87.2 cm³/mol. The molecular formula is C15H20N4S. The van der Waals surface area contributed by atoms with Crippen LogP contribution in [0.1, 0.15) is 18.3 Å². The molecule has 1 heterocycles. The molecule has 5 heteroatoms. The van der Waals surface area contributed by atoms with Gasteiger partial charge in [-0.2, -0.15) is 0 Å². The van der Waals surface area contributed by atoms with Crippen molar-refractivity contribution in [2.24, 2.45) is 0 Å². The normalized spacial score (nSPS) is 10.4. The molecule has 0 unspecified atom stereocenters. The van der Waals surface area contributed by atoms with E-state index in [1.54, 1.807) is 11.8 Å². The smallest absolute Gasteiger partial charge is 0.139 e. The van der Waals surface area contributed by atoms with Crippen LogP contribution in [0, 0.1) is 6.92 Å². The van der Waals surface area contributed by atoms with Gasteiger partial charge in [-0.15, -0.1) is 11.8 Å². The van der Waals surface area contributed by atoms with Crippen molar-refractivity contribution in [2.45, 2.75) is 25.2 Å². The third-order valence-electron chi connectivity index (χ3n) is 3.10. The molecule has 0 fully saturated rings. The topological polar surface area (TPSA) is 49.8 Å². The van der Waals surface area contributed by atoms with Gasteiger partial charge in [0.05, 0.1) is 0 Å². The SMILES string of the molecule is CCc1nc(NC)c(C)c(Nc2ccc(SC)cc2)n1. The van der Waals surface area contributed by atoms with E-state index in [-0.39, 0.29) is 0 Å². The number of aryl methyl sites for hydroxylation is 1. The Kier molecular flexibility index (Phi) is 4.84. The highest BCUT2D eigenvalue weighted by molar-refractivity contribution is 7.98. The lowest BCUT2D eigenvalue weighted by atomic mass is 10.2. The van der Waals surface area contributed by atoms with Crippen LogP contribution in [0.4, 0.5) is 17.3 Å². The first-order chi connectivity index (χ1) is 9.67. The fraction of sp³-hybridized carbons (Fsp3) is 0.333. The number of aromatic nitrogens is 2. The molecule has 2 aromatic rings. The van der Waals surface area contributed by atoms with Gasteiger partial charge in [0.25, 0.3) is 0 Å². The molecule has 0 aliphatic heterocycles. The Morgan fingerprint density at radius 3 is 2.30 bits per heavy atom. The molecule has 0 saturated carbocycles. The Balaban J connectivity index is 2.31. The second kappa shape index (κ2) is 6.61. The van der Waals surface area contributed by atoms with E-state index in [2.05, 4.69) is 58.0 Å². The van der Waals surface area contributed by atoms with E-state index in [9.17, 15) is 0 Å². The Bertz CT molecular complexity index is 581. The summed E-state index contributed by atoms with van der Waals surface area (Å²) in [6, 6.07) is 8.34. The Labute approximate surface area is 124 Å². The molecule has 4 nitrogen and oxygen atoms in total. The molecule has 0 saturated heterocycles. The molecule has 0 spiro atoms. The molecular weight excluding hydrogens is 268 g/mol. The van der Waals surface area contributed by atoms with Gasteiger partial charge >= 0.3 is 0 Å². The van der Waals surface area contributed by atoms with Gasteiger partial charge < -0.3 is 10.6 Å². The lowest BCUT2D eigenvalue weighted by Crippen LogP contribution is -2.06. The van der Waals surface area contributed by atoms with Crippen LogP contribution in [-0.2, 0) is 6.42 Å². The van der Waals surface area contributed by atoms with Crippen LogP contribution in [0.15, 0.2) is 29.2 Å². The van der Waals surface area contributed by atoms with Gasteiger partial charge in [0.1, 0.15) is 17.5 Å². The summed E-state index contributed by atoms with van der Waals surface area (Å²) in [5.41, 5.74) is 2.06. The maximum Gasteiger partial charge on any atom is 0.139 e. The molecule has 1 aromatic carbocycles. The minimum atomic E-state index is 0.815. The highest BCUT2D eigenvalue weighted by Gasteiger charge is 2.09. The second-order valence-corrected chi connectivity index (χ2v) is 5.30. The summed E-state index contributed by atoms with van der Waals surface area (Å²) in [5, 5.41) is 6.49. The zero-order chi connectivity index (χ0) is 14.5. The van der Waals surface area contributed by atoms with Crippen molar-refractivity contribution in [2.75, 3.05) is 23.9 Å². The number of hydrogen-bond acceptors (Lipinski definition) is 5. The second-order valence-electron chi connectivity index (χ2n) is 4.42. The van der Waals surface area contributed by atoms with Crippen molar-refractivity contribution in [3.05, 3.63) is 35.7 Å². The monoisotopic (exact) mass is 288 g/mol. The molecule has 20 heavy (non-hydrogen) atoms. The average Bonchev–Trinajstić information content (AvgIpc) is 2.50. The van der Waals surface area contributed by atoms with Crippen molar-refractivity contribution in [1.29, 1.82) is 0 Å². The molecule has 1 aromatic heterocycles. The number of nitrogens with zero attached hydrogens (tertiary/aromatic N) is 2. The Hall–Kier alpha value is -1.75. The fourth-order valence-corrected chi connectivity index (χ4v) is 2.31. The van der Waals surface area contributed by atoms with Crippen LogP contribution in [0.25, 0.3) is 0 Å². The quantitative estimate of drug-likeness (QED) is 0.818. The zero-order valence-corrected chi connectivity index (χ0v) is 13.1. The molecule has 2 N–H and O–H groups in total. The van der Waals surface area contributed by atoms with Gasteiger partial charge in [-0.3, -0.25) is 0 Å². The maximum atomic E-state index is 4.57. The number of benzene rings is 1. The van der Waals surface area contributed by atoms with Crippen molar-refractivity contribution in [1.82, 2.24) is 9.97 Å². The van der Waals surface area contributed by atoms with Gasteiger partial charge in [0.15, 0.2) is 0 Å². The number of nitrogens with one attached hydrogen (secondary N) is 2. The molecule has 0 atom stereocenters. The Morgan fingerprint density at radius 2 is 1.75 bits per heavy atom. The largest absolute Gasteiger partial charge is 0.373 e. The predicted octanol–water partition coefficient (Wildman–Crippen LogP) is 3.85. The summed E-state index contributed by atoms with van der Waals surface area (Å²) in [6.45, 7) is 4.07. The molecule has 106 valence electrons. The summed E-state index contributed by atoms with van der Waals surface area (Å²) >= 11 is 1.74. The van der Waals surface area contributed by atoms with E-state index < -0.39 is 0 Å². The van der Waals surface area contributed by atoms with Gasteiger partial charge in [-0.1, -0.05) is 6.92 Å². The Morgan fingerprint density at radius 1 is 1.10 bits per heavy atom. The van der Waals surface area contributed by atoms with Crippen LogP contribution in [0.5, 0.6) is 0 Å². The van der Waals surface area contributed by atoms with Crippen LogP contribution < -0.4 is 10.6 Å². The number of hydrogen-bond donors (Lipinski definition) is 2. The van der Waals surface area contributed by atoms with Crippen molar-refractivity contribution >= 4 is 29.1 Å². The van der Waals surface area contributed by atoms with Crippen LogP contribution in [0.3, 0.4) is 0 Å². The van der Waals surface area contributed by atoms with Crippen LogP contribution in [0.2, 0.25) is 0 Å². The minimum Gasteiger partial charge on any atom is -0.373 e. The first-order valence-corrected chi connectivity index (χ1v) is 7.86. The fourth-order valence-electron chi connectivity index (χ4n) is 1.90. The minimum absolute atomic E-state index is 0.815. The summed E-state index contributed by atoms with van der Waals surface area (Å²) in [4.78, 5) is 10.3. The summed E-state index contributed by atoms with van der Waals surface area (Å²) in [6.07, 6.45) is 2.89. The molecule has 0 radical (unpaired) electrons. The highest BCUT2D eigenvalue weighted by Crippen LogP contribution is 2.25. The van der Waals surface area contributed by atoms with Gasteiger partial charge in [-0.05, 0) is 37.4 Å². The van der Waals surface area contributed by atoms with Crippen LogP contribution >= 0.6 is 11.8 Å². The zero-order valence-electron chi connectivity index (χ0n) is 12.3. The van der Waals surface area contributed by atoms with Crippen molar-refractivity contribution in [3.63, 3.8) is 0 Å². The van der Waals surface area contributed by atoms with Crippen molar-refractivity contribution in [3.8, 4) is 0 Å². The molecule has 0 aliphatic rings. The highest BCUT2D eigenvalue weighted by atomic mass is 32.2. The first kappa shape index (κ1) is 14.7. The number of anilines is 3. The van der Waals surface area contributed by atoms with Gasteiger partial charge in [-0.25, -0.2) is 9.97 Å². The maximum absolute atomic E-state index is 4.57. The molecule has 0 bridgehead atoms. The summed E-state index contributed by atoms with van der Waals surface area (Å²) < 4.78 is 0. The molecule has 2 rings (SSSR count). The average molecular weight is 288 g/mol. The summed E-state index contributed by atoms with van der Waals surface area (Å²) in [7, 11) is 1.88. The summed E-state index contributed by atoms with van der Waals surface area (Å²) in [5.74, 6) is 2.57. The third kappa shape index (κ3) is 3.22. The first-order valence-electron chi connectivity index (χ1n) is 6.64.